The summed E-state index contributed by atoms with van der Waals surface area (Å²) in [6, 6.07) is 14.7. The molecule has 0 saturated heterocycles. The Morgan fingerprint density at radius 3 is 2.27 bits per heavy atom. The van der Waals surface area contributed by atoms with E-state index in [1.165, 1.54) is 17.0 Å². The summed E-state index contributed by atoms with van der Waals surface area (Å²) in [5, 5.41) is 2.81. The molecule has 0 bridgehead atoms. The van der Waals surface area contributed by atoms with E-state index in [-0.39, 0.29) is 41.9 Å². The Kier molecular flexibility index (Phi) is 7.53. The molecule has 0 saturated carbocycles. The second kappa shape index (κ2) is 10.2. The number of benzene rings is 2. The summed E-state index contributed by atoms with van der Waals surface area (Å²) in [5.41, 5.74) is 1.12. The lowest BCUT2D eigenvalue weighted by molar-refractivity contribution is -0.140. The van der Waals surface area contributed by atoms with Crippen LogP contribution in [0.3, 0.4) is 0 Å². The second-order valence-corrected chi connectivity index (χ2v) is 10.1. The van der Waals surface area contributed by atoms with Crippen LogP contribution in [0.25, 0.3) is 0 Å². The maximum absolute atomic E-state index is 13.2. The van der Waals surface area contributed by atoms with Crippen LogP contribution in [0.5, 0.6) is 0 Å². The second-order valence-electron chi connectivity index (χ2n) is 8.29. The van der Waals surface area contributed by atoms with E-state index in [2.05, 4.69) is 5.32 Å². The highest BCUT2D eigenvalue weighted by atomic mass is 32.2. The van der Waals surface area contributed by atoms with Crippen molar-refractivity contribution in [3.05, 3.63) is 65.7 Å². The average molecular weight is 472 g/mol. The van der Waals surface area contributed by atoms with Crippen LogP contribution in [0.4, 0.5) is 0 Å². The molecule has 8 nitrogen and oxygen atoms in total. The summed E-state index contributed by atoms with van der Waals surface area (Å²) in [5.74, 6) is -1.32. The molecule has 0 aliphatic carbocycles. The van der Waals surface area contributed by atoms with Crippen molar-refractivity contribution in [1.29, 1.82) is 0 Å². The molecular weight excluding hydrogens is 442 g/mol. The van der Waals surface area contributed by atoms with Gasteiger partial charge in [-0.3, -0.25) is 14.4 Å². The maximum atomic E-state index is 13.2. The lowest BCUT2D eigenvalue weighted by atomic mass is 10.1. The van der Waals surface area contributed by atoms with Crippen molar-refractivity contribution in [2.45, 2.75) is 50.6 Å². The van der Waals surface area contributed by atoms with E-state index in [0.29, 0.717) is 6.42 Å². The molecule has 1 N–H and O–H groups in total. The number of rotatable bonds is 9. The van der Waals surface area contributed by atoms with E-state index >= 15 is 0 Å². The van der Waals surface area contributed by atoms with Gasteiger partial charge >= 0.3 is 0 Å². The minimum Gasteiger partial charge on any atom is -0.352 e. The summed E-state index contributed by atoms with van der Waals surface area (Å²) < 4.78 is 26.3. The molecule has 0 unspecified atom stereocenters. The number of sulfonamides is 1. The van der Waals surface area contributed by atoms with Crippen LogP contribution >= 0.6 is 0 Å². The van der Waals surface area contributed by atoms with E-state index < -0.39 is 27.9 Å². The number of nitrogens with zero attached hydrogens (tertiary/aromatic N) is 2. The van der Waals surface area contributed by atoms with E-state index in [4.69, 9.17) is 0 Å². The summed E-state index contributed by atoms with van der Waals surface area (Å²) in [4.78, 5) is 39.8. The summed E-state index contributed by atoms with van der Waals surface area (Å²) in [6.45, 7) is 5.32. The third kappa shape index (κ3) is 5.42. The van der Waals surface area contributed by atoms with Gasteiger partial charge in [-0.15, -0.1) is 0 Å². The van der Waals surface area contributed by atoms with Gasteiger partial charge < -0.3 is 10.2 Å². The van der Waals surface area contributed by atoms with Gasteiger partial charge in [0.25, 0.3) is 15.9 Å². The highest BCUT2D eigenvalue weighted by molar-refractivity contribution is 7.90. The lowest BCUT2D eigenvalue weighted by Crippen LogP contribution is -2.50. The van der Waals surface area contributed by atoms with Gasteiger partial charge in [-0.2, -0.15) is 0 Å². The van der Waals surface area contributed by atoms with Gasteiger partial charge in [0.2, 0.25) is 11.8 Å². The van der Waals surface area contributed by atoms with Gasteiger partial charge in [0, 0.05) is 25.6 Å². The zero-order valence-corrected chi connectivity index (χ0v) is 19.8. The third-order valence-electron chi connectivity index (χ3n) is 5.52. The van der Waals surface area contributed by atoms with Crippen molar-refractivity contribution in [2.24, 2.45) is 0 Å². The number of carbonyl (C=O) groups is 3. The van der Waals surface area contributed by atoms with Crippen molar-refractivity contribution in [1.82, 2.24) is 14.5 Å². The van der Waals surface area contributed by atoms with Crippen LogP contribution in [0.15, 0.2) is 59.5 Å². The van der Waals surface area contributed by atoms with Crippen LogP contribution in [-0.2, 0) is 26.0 Å². The molecule has 1 atom stereocenters. The van der Waals surface area contributed by atoms with Crippen LogP contribution < -0.4 is 5.32 Å². The highest BCUT2D eigenvalue weighted by Gasteiger charge is 2.41. The first-order chi connectivity index (χ1) is 15.6. The summed E-state index contributed by atoms with van der Waals surface area (Å²) in [7, 11) is -3.99. The fourth-order valence-corrected chi connectivity index (χ4v) is 5.34. The molecule has 0 aromatic heterocycles. The molecule has 2 aromatic rings. The number of hydrogen-bond acceptors (Lipinski definition) is 5. The summed E-state index contributed by atoms with van der Waals surface area (Å²) in [6.07, 6.45) is 0.325. The van der Waals surface area contributed by atoms with Crippen molar-refractivity contribution < 1.29 is 22.8 Å². The van der Waals surface area contributed by atoms with Crippen LogP contribution in [0.2, 0.25) is 0 Å². The predicted molar refractivity (Wildman–Crippen MR) is 124 cm³/mol. The Bertz CT molecular complexity index is 1130. The molecule has 0 radical (unpaired) electrons. The molecule has 1 heterocycles. The SMILES string of the molecule is CC(C)NC(=O)[C@@H](C)N(CCc1ccccc1)C(=O)CCN1C(=O)c2ccccc2S1(=O)=O. The Morgan fingerprint density at radius 2 is 1.64 bits per heavy atom. The normalized spacial score (nSPS) is 15.3. The molecule has 33 heavy (non-hydrogen) atoms. The smallest absolute Gasteiger partial charge is 0.269 e. The van der Waals surface area contributed by atoms with E-state index in [1.807, 2.05) is 44.2 Å². The van der Waals surface area contributed by atoms with E-state index in [1.54, 1.807) is 19.1 Å². The first-order valence-electron chi connectivity index (χ1n) is 10.9. The minimum atomic E-state index is -3.99. The standard InChI is InChI=1S/C24H29N3O5S/c1-17(2)25-23(29)18(3)26(15-13-19-9-5-4-6-10-19)22(28)14-16-27-24(30)20-11-7-8-12-21(20)33(27,31)32/h4-12,17-18H,13-16H2,1-3H3,(H,25,29)/t18-/m1/s1. The number of hydrogen-bond donors (Lipinski definition) is 1. The summed E-state index contributed by atoms with van der Waals surface area (Å²) >= 11 is 0. The Labute approximate surface area is 194 Å². The molecule has 0 spiro atoms. The molecule has 9 heteroatoms. The molecule has 176 valence electrons. The molecule has 3 rings (SSSR count). The monoisotopic (exact) mass is 471 g/mol. The van der Waals surface area contributed by atoms with Gasteiger partial charge in [0.15, 0.2) is 0 Å². The topological polar surface area (TPSA) is 104 Å². The Morgan fingerprint density at radius 1 is 1.00 bits per heavy atom. The first kappa shape index (κ1) is 24.4. The Balaban J connectivity index is 1.74. The van der Waals surface area contributed by atoms with Gasteiger partial charge in [0.05, 0.1) is 5.56 Å². The number of carbonyl (C=O) groups excluding carboxylic acids is 3. The quantitative estimate of drug-likeness (QED) is 0.604. The van der Waals surface area contributed by atoms with Crippen LogP contribution in [0, 0.1) is 0 Å². The molecule has 3 amide bonds. The van der Waals surface area contributed by atoms with E-state index in [0.717, 1.165) is 9.87 Å². The van der Waals surface area contributed by atoms with Crippen molar-refractivity contribution in [2.75, 3.05) is 13.1 Å². The van der Waals surface area contributed by atoms with Gasteiger partial charge in [-0.1, -0.05) is 42.5 Å². The minimum absolute atomic E-state index is 0.0481. The van der Waals surface area contributed by atoms with Crippen molar-refractivity contribution >= 4 is 27.7 Å². The lowest BCUT2D eigenvalue weighted by Gasteiger charge is -2.30. The number of nitrogens with one attached hydrogen (secondary N) is 1. The van der Waals surface area contributed by atoms with Gasteiger partial charge in [-0.25, -0.2) is 12.7 Å². The van der Waals surface area contributed by atoms with Crippen molar-refractivity contribution in [3.63, 3.8) is 0 Å². The zero-order chi connectivity index (χ0) is 24.2. The van der Waals surface area contributed by atoms with Crippen LogP contribution in [-0.4, -0.2) is 60.5 Å². The van der Waals surface area contributed by atoms with E-state index in [9.17, 15) is 22.8 Å². The highest BCUT2D eigenvalue weighted by Crippen LogP contribution is 2.30. The third-order valence-corrected chi connectivity index (χ3v) is 7.36. The largest absolute Gasteiger partial charge is 0.352 e. The van der Waals surface area contributed by atoms with Gasteiger partial charge in [-0.05, 0) is 44.9 Å². The average Bonchev–Trinajstić information content (AvgIpc) is 2.98. The maximum Gasteiger partial charge on any atom is 0.269 e. The molecular formula is C24H29N3O5S. The van der Waals surface area contributed by atoms with Crippen LogP contribution in [0.1, 0.15) is 43.1 Å². The first-order valence-corrected chi connectivity index (χ1v) is 12.4. The molecule has 1 aliphatic heterocycles. The van der Waals surface area contributed by atoms with Gasteiger partial charge in [0.1, 0.15) is 10.9 Å². The fraction of sp³-hybridized carbons (Fsp3) is 0.375. The fourth-order valence-electron chi connectivity index (χ4n) is 3.77. The predicted octanol–water partition coefficient (Wildman–Crippen LogP) is 2.21. The molecule has 2 aromatic carbocycles. The van der Waals surface area contributed by atoms with Crippen molar-refractivity contribution in [3.8, 4) is 0 Å². The Hall–Kier alpha value is -3.20. The number of amides is 3. The number of fused-ring (bicyclic) bond motifs is 1. The molecule has 0 fully saturated rings. The zero-order valence-electron chi connectivity index (χ0n) is 19.0. The molecule has 1 aliphatic rings.